The van der Waals surface area contributed by atoms with Crippen molar-refractivity contribution >= 4 is 28.3 Å². The zero-order valence-electron chi connectivity index (χ0n) is 12.4. The Morgan fingerprint density at radius 1 is 1.41 bits per heavy atom. The number of hydrogen-bond donors (Lipinski definition) is 1. The summed E-state index contributed by atoms with van der Waals surface area (Å²) in [5, 5.41) is 12.0. The van der Waals surface area contributed by atoms with Crippen molar-refractivity contribution in [3.63, 3.8) is 0 Å². The molecule has 1 N–H and O–H groups in total. The lowest BCUT2D eigenvalue weighted by atomic mass is 9.86. The third-order valence-electron chi connectivity index (χ3n) is 4.10. The van der Waals surface area contributed by atoms with Gasteiger partial charge in [-0.15, -0.1) is 11.6 Å². The maximum Gasteiger partial charge on any atom is 0.335 e. The minimum absolute atomic E-state index is 0.0176. The van der Waals surface area contributed by atoms with Gasteiger partial charge in [-0.1, -0.05) is 24.3 Å². The van der Waals surface area contributed by atoms with Gasteiger partial charge in [0.2, 0.25) is 0 Å². The van der Waals surface area contributed by atoms with Crippen LogP contribution in [0, 0.1) is 6.92 Å². The van der Waals surface area contributed by atoms with E-state index in [2.05, 4.69) is 6.58 Å². The molecule has 1 aliphatic rings. The Hall–Kier alpha value is -2.00. The predicted octanol–water partition coefficient (Wildman–Crippen LogP) is 4.04. The summed E-state index contributed by atoms with van der Waals surface area (Å²) in [7, 11) is 0. The Bertz CT molecular complexity index is 780. The second-order valence-corrected chi connectivity index (χ2v) is 6.27. The number of benzene rings is 2. The van der Waals surface area contributed by atoms with Crippen LogP contribution in [-0.2, 0) is 17.6 Å². The number of esters is 1. The number of rotatable bonds is 2. The van der Waals surface area contributed by atoms with Gasteiger partial charge in [0, 0.05) is 33.4 Å². The van der Waals surface area contributed by atoms with E-state index in [9.17, 15) is 9.90 Å². The lowest BCUT2D eigenvalue weighted by Gasteiger charge is -2.25. The van der Waals surface area contributed by atoms with E-state index in [4.69, 9.17) is 16.3 Å². The number of hydrogen-bond acceptors (Lipinski definition) is 3. The summed E-state index contributed by atoms with van der Waals surface area (Å²) in [6, 6.07) is 5.71. The first-order valence-corrected chi connectivity index (χ1v) is 7.70. The molecule has 2 aromatic rings. The van der Waals surface area contributed by atoms with Gasteiger partial charge in [0.1, 0.15) is 11.5 Å². The molecule has 1 unspecified atom stereocenters. The fourth-order valence-corrected chi connectivity index (χ4v) is 3.29. The number of aryl methyl sites for hydroxylation is 1. The van der Waals surface area contributed by atoms with Crippen molar-refractivity contribution in [1.29, 1.82) is 0 Å². The molecule has 2 aromatic carbocycles. The average Bonchev–Trinajstić information content (AvgIpc) is 2.51. The van der Waals surface area contributed by atoms with Crippen LogP contribution in [0.1, 0.15) is 23.1 Å². The summed E-state index contributed by atoms with van der Waals surface area (Å²) >= 11 is 6.27. The molecule has 114 valence electrons. The lowest BCUT2D eigenvalue weighted by molar-refractivity contribution is -0.128. The summed E-state index contributed by atoms with van der Waals surface area (Å²) in [4.78, 5) is 11.7. The first-order chi connectivity index (χ1) is 10.5. The molecule has 4 heteroatoms. The first kappa shape index (κ1) is 14.9. The molecule has 0 saturated heterocycles. The molecule has 0 amide bonds. The molecule has 0 fully saturated rings. The van der Waals surface area contributed by atoms with Crippen molar-refractivity contribution in [1.82, 2.24) is 0 Å². The number of carbonyl (C=O) groups is 1. The molecule has 1 aliphatic carbocycles. The van der Waals surface area contributed by atoms with Crippen LogP contribution < -0.4 is 4.74 Å². The second kappa shape index (κ2) is 5.65. The van der Waals surface area contributed by atoms with Crippen molar-refractivity contribution in [3.8, 4) is 11.5 Å². The largest absolute Gasteiger partial charge is 0.507 e. The molecular formula is C18H17ClO3. The molecule has 3 nitrogen and oxygen atoms in total. The summed E-state index contributed by atoms with van der Waals surface area (Å²) in [5.41, 5.74) is 2.70. The molecule has 0 aromatic heterocycles. The normalized spacial score (nSPS) is 17.1. The van der Waals surface area contributed by atoms with Crippen LogP contribution in [0.2, 0.25) is 0 Å². The highest BCUT2D eigenvalue weighted by Crippen LogP contribution is 2.44. The van der Waals surface area contributed by atoms with Crippen LogP contribution >= 0.6 is 11.6 Å². The van der Waals surface area contributed by atoms with Crippen LogP contribution in [0.25, 0.3) is 10.8 Å². The number of phenols is 1. The molecule has 0 bridgehead atoms. The van der Waals surface area contributed by atoms with Gasteiger partial charge in [0.05, 0.1) is 0 Å². The van der Waals surface area contributed by atoms with Crippen molar-refractivity contribution in [2.45, 2.75) is 31.6 Å². The molecule has 0 spiro atoms. The Morgan fingerprint density at radius 2 is 2.18 bits per heavy atom. The summed E-state index contributed by atoms with van der Waals surface area (Å²) < 4.78 is 5.49. The maximum atomic E-state index is 11.7. The molecular weight excluding hydrogens is 300 g/mol. The monoisotopic (exact) mass is 316 g/mol. The predicted molar refractivity (Wildman–Crippen MR) is 87.8 cm³/mol. The number of carbonyl (C=O) groups excluding carboxylic acids is 1. The van der Waals surface area contributed by atoms with E-state index < -0.39 is 5.97 Å². The molecule has 0 saturated carbocycles. The topological polar surface area (TPSA) is 46.5 Å². The Morgan fingerprint density at radius 3 is 2.91 bits per heavy atom. The lowest BCUT2D eigenvalue weighted by Crippen LogP contribution is -2.17. The molecule has 0 aliphatic heterocycles. The van der Waals surface area contributed by atoms with Crippen LogP contribution in [-0.4, -0.2) is 16.5 Å². The van der Waals surface area contributed by atoms with Gasteiger partial charge >= 0.3 is 5.97 Å². The van der Waals surface area contributed by atoms with E-state index in [1.165, 1.54) is 0 Å². The highest BCUT2D eigenvalue weighted by atomic mass is 35.5. The van der Waals surface area contributed by atoms with Crippen LogP contribution in [0.15, 0.2) is 30.9 Å². The molecule has 0 heterocycles. The van der Waals surface area contributed by atoms with E-state index in [1.54, 1.807) is 0 Å². The van der Waals surface area contributed by atoms with E-state index >= 15 is 0 Å². The average molecular weight is 317 g/mol. The van der Waals surface area contributed by atoms with Crippen molar-refractivity contribution in [2.24, 2.45) is 0 Å². The minimum Gasteiger partial charge on any atom is -0.507 e. The Labute approximate surface area is 134 Å². The third kappa shape index (κ3) is 2.46. The van der Waals surface area contributed by atoms with Gasteiger partial charge in [-0.25, -0.2) is 4.79 Å². The number of fused-ring (bicyclic) bond motifs is 2. The van der Waals surface area contributed by atoms with Gasteiger partial charge in [0.15, 0.2) is 0 Å². The highest BCUT2D eigenvalue weighted by Gasteiger charge is 2.27. The Kier molecular flexibility index (Phi) is 3.83. The number of phenolic OH excluding ortho intramolecular Hbond substituents is 1. The number of halogens is 1. The maximum absolute atomic E-state index is 11.7. The summed E-state index contributed by atoms with van der Waals surface area (Å²) in [6.45, 7) is 5.41. The SMILES string of the molecule is C=CC(=O)Oc1c2c(c(O)c3cc(C)ccc13)CCC(Cl)C2. The zero-order chi connectivity index (χ0) is 15.9. The fraction of sp³-hybridized carbons (Fsp3) is 0.278. The number of aromatic hydroxyl groups is 1. The molecule has 0 radical (unpaired) electrons. The van der Waals surface area contributed by atoms with Gasteiger partial charge in [-0.05, 0) is 32.3 Å². The van der Waals surface area contributed by atoms with E-state index in [-0.39, 0.29) is 11.1 Å². The minimum atomic E-state index is -0.508. The Balaban J connectivity index is 2.32. The van der Waals surface area contributed by atoms with Crippen LogP contribution in [0.3, 0.4) is 0 Å². The van der Waals surface area contributed by atoms with Crippen LogP contribution in [0.5, 0.6) is 11.5 Å². The summed E-state index contributed by atoms with van der Waals surface area (Å²) in [6.07, 6.45) is 3.19. The van der Waals surface area contributed by atoms with E-state index in [1.807, 2.05) is 25.1 Å². The van der Waals surface area contributed by atoms with Crippen molar-refractivity contribution in [3.05, 3.63) is 47.5 Å². The standard InChI is InChI=1S/C18H17ClO3/c1-3-16(20)22-18-13-6-4-10(2)8-14(13)17(21)12-7-5-11(19)9-15(12)18/h3-4,6,8,11,21H,1,5,7,9H2,2H3. The van der Waals surface area contributed by atoms with Crippen LogP contribution in [0.4, 0.5) is 0 Å². The van der Waals surface area contributed by atoms with Crippen molar-refractivity contribution < 1.29 is 14.6 Å². The highest BCUT2D eigenvalue weighted by molar-refractivity contribution is 6.21. The number of ether oxygens (including phenoxy) is 1. The fourth-order valence-electron chi connectivity index (χ4n) is 3.03. The van der Waals surface area contributed by atoms with Gasteiger partial charge in [-0.3, -0.25) is 0 Å². The van der Waals surface area contributed by atoms with E-state index in [0.717, 1.165) is 34.6 Å². The second-order valence-electron chi connectivity index (χ2n) is 5.65. The van der Waals surface area contributed by atoms with Gasteiger partial charge < -0.3 is 9.84 Å². The van der Waals surface area contributed by atoms with E-state index in [0.29, 0.717) is 24.0 Å². The van der Waals surface area contributed by atoms with Gasteiger partial charge in [-0.2, -0.15) is 0 Å². The molecule has 22 heavy (non-hydrogen) atoms. The third-order valence-corrected chi connectivity index (χ3v) is 4.47. The molecule has 1 atom stereocenters. The summed E-state index contributed by atoms with van der Waals surface area (Å²) in [5.74, 6) is 0.264. The van der Waals surface area contributed by atoms with Crippen molar-refractivity contribution in [2.75, 3.05) is 0 Å². The molecule has 3 rings (SSSR count). The van der Waals surface area contributed by atoms with Gasteiger partial charge in [0.25, 0.3) is 0 Å². The smallest absolute Gasteiger partial charge is 0.335 e. The zero-order valence-corrected chi connectivity index (χ0v) is 13.1. The number of alkyl halides is 1. The quantitative estimate of drug-likeness (QED) is 0.393. The first-order valence-electron chi connectivity index (χ1n) is 7.26.